The van der Waals surface area contributed by atoms with Crippen LogP contribution in [0.2, 0.25) is 0 Å². The number of carbonyl (C=O) groups excluding carboxylic acids is 4. The monoisotopic (exact) mass is 775 g/mol. The van der Waals surface area contributed by atoms with E-state index in [0.717, 1.165) is 41.0 Å². The molecule has 0 radical (unpaired) electrons. The first kappa shape index (κ1) is 41.1. The Bertz CT molecular complexity index is 1960. The van der Waals surface area contributed by atoms with Crippen molar-refractivity contribution in [2.24, 2.45) is 0 Å². The molecule has 0 saturated carbocycles. The molecule has 4 aromatic rings. The SMILES string of the molecule is CC(C)(C)OC(=O)N1CCC[C@H]1C(=O)Nc1ccc(-c2ccc(-c3ccc(NC(=O)[C@@H]4CCCN4C(=O)OC(C)(C)C)cc3)n2-c2ccc(C(C)(C)C)cc2)cc1. The number of nitrogens with one attached hydrogen (secondary N) is 2. The lowest BCUT2D eigenvalue weighted by molar-refractivity contribution is -0.121. The highest BCUT2D eigenvalue weighted by atomic mass is 16.6. The van der Waals surface area contributed by atoms with E-state index in [-0.39, 0.29) is 17.2 Å². The number of rotatable bonds is 7. The molecule has 2 aliphatic heterocycles. The maximum Gasteiger partial charge on any atom is 0.410 e. The fourth-order valence-corrected chi connectivity index (χ4v) is 7.33. The van der Waals surface area contributed by atoms with Crippen LogP contribution in [0.1, 0.15) is 93.6 Å². The Morgan fingerprint density at radius 3 is 1.28 bits per heavy atom. The van der Waals surface area contributed by atoms with Gasteiger partial charge in [-0.15, -0.1) is 0 Å². The second-order valence-corrected chi connectivity index (χ2v) is 18.0. The van der Waals surface area contributed by atoms with Crippen LogP contribution in [0.25, 0.3) is 28.2 Å². The zero-order valence-electron chi connectivity index (χ0n) is 34.8. The average Bonchev–Trinajstić information content (AvgIpc) is 3.91. The molecular formula is C46H57N5O6. The molecule has 0 bridgehead atoms. The third kappa shape index (κ3) is 9.87. The quantitative estimate of drug-likeness (QED) is 0.193. The summed E-state index contributed by atoms with van der Waals surface area (Å²) < 4.78 is 13.3. The molecule has 11 nitrogen and oxygen atoms in total. The van der Waals surface area contributed by atoms with Gasteiger partial charge in [0.2, 0.25) is 11.8 Å². The van der Waals surface area contributed by atoms with Crippen LogP contribution in [0.4, 0.5) is 21.0 Å². The Labute approximate surface area is 336 Å². The molecule has 2 atom stereocenters. The molecule has 3 aromatic carbocycles. The van der Waals surface area contributed by atoms with E-state index >= 15 is 0 Å². The fraction of sp³-hybridized carbons (Fsp3) is 0.435. The number of anilines is 2. The van der Waals surface area contributed by atoms with E-state index in [0.29, 0.717) is 37.3 Å². The van der Waals surface area contributed by atoms with Crippen LogP contribution in [-0.4, -0.2) is 74.7 Å². The summed E-state index contributed by atoms with van der Waals surface area (Å²) in [6.45, 7) is 18.4. The summed E-state index contributed by atoms with van der Waals surface area (Å²) in [6, 6.07) is 27.0. The highest BCUT2D eigenvalue weighted by molar-refractivity contribution is 5.98. The Balaban J connectivity index is 1.23. The molecule has 3 heterocycles. The lowest BCUT2D eigenvalue weighted by atomic mass is 9.87. The van der Waals surface area contributed by atoms with Crippen LogP contribution in [0.5, 0.6) is 0 Å². The topological polar surface area (TPSA) is 122 Å². The smallest absolute Gasteiger partial charge is 0.410 e. The van der Waals surface area contributed by atoms with Crippen LogP contribution in [0.3, 0.4) is 0 Å². The molecule has 11 heteroatoms. The van der Waals surface area contributed by atoms with Crippen LogP contribution < -0.4 is 10.6 Å². The number of aromatic nitrogens is 1. The van der Waals surface area contributed by atoms with Gasteiger partial charge in [-0.1, -0.05) is 57.2 Å². The van der Waals surface area contributed by atoms with Gasteiger partial charge in [-0.05, 0) is 138 Å². The number of amides is 4. The van der Waals surface area contributed by atoms with Crippen LogP contribution in [0, 0.1) is 0 Å². The zero-order valence-corrected chi connectivity index (χ0v) is 34.8. The molecule has 2 saturated heterocycles. The second-order valence-electron chi connectivity index (χ2n) is 18.0. The molecule has 0 unspecified atom stereocenters. The van der Waals surface area contributed by atoms with E-state index in [2.05, 4.69) is 72.4 Å². The molecule has 0 aliphatic carbocycles. The summed E-state index contributed by atoms with van der Waals surface area (Å²) in [7, 11) is 0. The van der Waals surface area contributed by atoms with Crippen molar-refractivity contribution in [3.8, 4) is 28.2 Å². The molecule has 6 rings (SSSR count). The average molecular weight is 776 g/mol. The van der Waals surface area contributed by atoms with Crippen molar-refractivity contribution < 1.29 is 28.7 Å². The summed E-state index contributed by atoms with van der Waals surface area (Å²) in [4.78, 5) is 55.4. The van der Waals surface area contributed by atoms with E-state index in [1.807, 2.05) is 90.1 Å². The standard InChI is InChI=1S/C46H57N5O6/c1-44(2,3)32-18-24-35(25-19-32)51-36(30-14-20-33(21-15-30)47-40(52)38-12-10-28-49(38)42(54)56-45(4,5)6)26-27-37(51)31-16-22-34(23-17-31)48-41(53)39-13-11-29-50(39)43(55)57-46(7,8)9/h14-27,38-39H,10-13,28-29H2,1-9H3,(H,47,52)(H,48,53)/t38-,39-/m0/s1. The minimum absolute atomic E-state index is 0.00767. The molecule has 302 valence electrons. The number of nitrogens with zero attached hydrogens (tertiary/aromatic N) is 3. The fourth-order valence-electron chi connectivity index (χ4n) is 7.33. The van der Waals surface area contributed by atoms with Gasteiger partial charge in [-0.2, -0.15) is 0 Å². The number of benzene rings is 3. The van der Waals surface area contributed by atoms with Crippen LogP contribution >= 0.6 is 0 Å². The van der Waals surface area contributed by atoms with E-state index in [4.69, 9.17) is 9.47 Å². The van der Waals surface area contributed by atoms with Gasteiger partial charge >= 0.3 is 12.2 Å². The number of hydrogen-bond acceptors (Lipinski definition) is 6. The third-order valence-corrected chi connectivity index (χ3v) is 10.1. The van der Waals surface area contributed by atoms with Gasteiger partial charge in [0.1, 0.15) is 23.3 Å². The first-order valence-electron chi connectivity index (χ1n) is 19.9. The van der Waals surface area contributed by atoms with E-state index in [1.54, 1.807) is 0 Å². The summed E-state index contributed by atoms with van der Waals surface area (Å²) in [6.07, 6.45) is 1.68. The lowest BCUT2D eigenvalue weighted by Gasteiger charge is -2.28. The minimum atomic E-state index is -0.646. The highest BCUT2D eigenvalue weighted by Gasteiger charge is 2.38. The molecule has 57 heavy (non-hydrogen) atoms. The molecule has 2 fully saturated rings. The van der Waals surface area contributed by atoms with E-state index < -0.39 is 35.5 Å². The van der Waals surface area contributed by atoms with E-state index in [1.165, 1.54) is 15.4 Å². The van der Waals surface area contributed by atoms with Gasteiger partial charge in [0.25, 0.3) is 0 Å². The van der Waals surface area contributed by atoms with E-state index in [9.17, 15) is 19.2 Å². The van der Waals surface area contributed by atoms with Crippen molar-refractivity contribution in [2.45, 2.75) is 117 Å². The molecule has 4 amide bonds. The first-order valence-corrected chi connectivity index (χ1v) is 19.9. The zero-order chi connectivity index (χ0) is 41.3. The van der Waals surface area contributed by atoms with Gasteiger partial charge in [-0.25, -0.2) is 9.59 Å². The third-order valence-electron chi connectivity index (χ3n) is 10.1. The highest BCUT2D eigenvalue weighted by Crippen LogP contribution is 2.35. The minimum Gasteiger partial charge on any atom is -0.444 e. The number of hydrogen-bond donors (Lipinski definition) is 2. The van der Waals surface area contributed by atoms with Crippen LogP contribution in [-0.2, 0) is 24.5 Å². The Hall–Kier alpha value is -5.58. The van der Waals surface area contributed by atoms with Crippen LogP contribution in [0.15, 0.2) is 84.9 Å². The molecular weight excluding hydrogens is 719 g/mol. The largest absolute Gasteiger partial charge is 0.444 e. The summed E-state index contributed by atoms with van der Waals surface area (Å²) >= 11 is 0. The maximum absolute atomic E-state index is 13.4. The summed E-state index contributed by atoms with van der Waals surface area (Å²) in [5.41, 5.74) is 6.00. The number of ether oxygens (including phenoxy) is 2. The predicted molar refractivity (Wildman–Crippen MR) is 225 cm³/mol. The second kappa shape index (κ2) is 16.1. The Morgan fingerprint density at radius 2 is 0.930 bits per heavy atom. The van der Waals surface area contributed by atoms with Crippen molar-refractivity contribution in [1.82, 2.24) is 14.4 Å². The van der Waals surface area contributed by atoms with Gasteiger partial charge in [0, 0.05) is 30.2 Å². The first-order chi connectivity index (χ1) is 26.8. The number of carbonyl (C=O) groups is 4. The lowest BCUT2D eigenvalue weighted by Crippen LogP contribution is -2.45. The van der Waals surface area contributed by atoms with Crippen molar-refractivity contribution in [3.63, 3.8) is 0 Å². The maximum atomic E-state index is 13.4. The van der Waals surface area contributed by atoms with Crippen molar-refractivity contribution in [1.29, 1.82) is 0 Å². The van der Waals surface area contributed by atoms with Gasteiger partial charge < -0.3 is 24.7 Å². The Morgan fingerprint density at radius 1 is 0.544 bits per heavy atom. The normalized spacial score (nSPS) is 17.4. The molecule has 1 aromatic heterocycles. The Kier molecular flexibility index (Phi) is 11.6. The summed E-state index contributed by atoms with van der Waals surface area (Å²) in [5, 5.41) is 6.02. The summed E-state index contributed by atoms with van der Waals surface area (Å²) in [5.74, 6) is -0.474. The predicted octanol–water partition coefficient (Wildman–Crippen LogP) is 9.78. The van der Waals surface area contributed by atoms with Crippen molar-refractivity contribution >= 4 is 35.4 Å². The molecule has 2 N–H and O–H groups in total. The molecule has 2 aliphatic rings. The van der Waals surface area contributed by atoms with Gasteiger partial charge in [0.15, 0.2) is 0 Å². The number of likely N-dealkylation sites (tertiary alicyclic amines) is 2. The molecule has 0 spiro atoms. The van der Waals surface area contributed by atoms with Crippen molar-refractivity contribution in [3.05, 3.63) is 90.5 Å². The van der Waals surface area contributed by atoms with Gasteiger partial charge in [-0.3, -0.25) is 19.4 Å². The van der Waals surface area contributed by atoms with Gasteiger partial charge in [0.05, 0.1) is 11.4 Å². The van der Waals surface area contributed by atoms with Crippen molar-refractivity contribution in [2.75, 3.05) is 23.7 Å².